The number of hydrogen-bond acceptors (Lipinski definition) is 6. The lowest BCUT2D eigenvalue weighted by Crippen LogP contribution is -2.54. The summed E-state index contributed by atoms with van der Waals surface area (Å²) in [7, 11) is 0. The topological polar surface area (TPSA) is 171 Å². The van der Waals surface area contributed by atoms with Gasteiger partial charge in [0.05, 0.1) is 12.6 Å². The molecule has 0 fully saturated rings. The Hall–Kier alpha value is -3.14. The van der Waals surface area contributed by atoms with Crippen LogP contribution in [0, 0.1) is 5.92 Å². The van der Waals surface area contributed by atoms with E-state index < -0.39 is 48.9 Å². The van der Waals surface area contributed by atoms with Crippen molar-refractivity contribution in [3.05, 3.63) is 29.8 Å². The molecule has 7 N–H and O–H groups in total. The number of carbonyl (C=O) groups excluding carboxylic acids is 3. The number of carboxylic acid groups (broad SMARTS) is 1. The first-order valence-electron chi connectivity index (χ1n) is 9.24. The summed E-state index contributed by atoms with van der Waals surface area (Å²) in [5, 5.41) is 25.0. The molecule has 1 aromatic carbocycles. The standard InChI is InChI=1S/C19H28N4O6/c1-3-11(2)17(20)19(29)23-14(8-12-4-6-13(24)7-5-12)18(28)22-9-15(25)21-10-16(26)27/h4-7,11,14,17,24H,3,8-10,20H2,1-2H3,(H,21,25)(H,22,28)(H,23,29)(H,26,27). The fourth-order valence-corrected chi connectivity index (χ4v) is 2.38. The van der Waals surface area contributed by atoms with Gasteiger partial charge in [-0.05, 0) is 23.6 Å². The molecular weight excluding hydrogens is 380 g/mol. The first kappa shape index (κ1) is 23.9. The molecule has 29 heavy (non-hydrogen) atoms. The lowest BCUT2D eigenvalue weighted by molar-refractivity contribution is -0.138. The lowest BCUT2D eigenvalue weighted by atomic mass is 9.98. The average molecular weight is 408 g/mol. The molecular formula is C19H28N4O6. The molecule has 0 saturated heterocycles. The summed E-state index contributed by atoms with van der Waals surface area (Å²) in [6.07, 6.45) is 0.801. The van der Waals surface area contributed by atoms with Crippen molar-refractivity contribution in [1.82, 2.24) is 16.0 Å². The van der Waals surface area contributed by atoms with Gasteiger partial charge in [-0.2, -0.15) is 0 Å². The van der Waals surface area contributed by atoms with Gasteiger partial charge in [-0.25, -0.2) is 0 Å². The van der Waals surface area contributed by atoms with Crippen LogP contribution in [0.2, 0.25) is 0 Å². The van der Waals surface area contributed by atoms with Crippen molar-refractivity contribution in [1.29, 1.82) is 0 Å². The second-order valence-corrected chi connectivity index (χ2v) is 6.73. The molecule has 0 bridgehead atoms. The van der Waals surface area contributed by atoms with Crippen LogP contribution in [0.4, 0.5) is 0 Å². The van der Waals surface area contributed by atoms with Gasteiger partial charge in [0.25, 0.3) is 0 Å². The predicted molar refractivity (Wildman–Crippen MR) is 105 cm³/mol. The second kappa shape index (κ2) is 11.6. The highest BCUT2D eigenvalue weighted by Crippen LogP contribution is 2.12. The molecule has 0 aromatic heterocycles. The molecule has 10 heteroatoms. The SMILES string of the molecule is CCC(C)C(N)C(=O)NC(Cc1ccc(O)cc1)C(=O)NCC(=O)NCC(=O)O. The maximum Gasteiger partial charge on any atom is 0.322 e. The van der Waals surface area contributed by atoms with E-state index in [0.717, 1.165) is 0 Å². The minimum absolute atomic E-state index is 0.0627. The summed E-state index contributed by atoms with van der Waals surface area (Å²) in [5.74, 6) is -3.02. The number of phenolic OH excluding ortho intramolecular Hbond substituents is 1. The number of carboxylic acids is 1. The van der Waals surface area contributed by atoms with E-state index in [1.54, 1.807) is 12.1 Å². The first-order valence-corrected chi connectivity index (χ1v) is 9.24. The highest BCUT2D eigenvalue weighted by molar-refractivity contribution is 5.92. The quantitative estimate of drug-likeness (QED) is 0.276. The van der Waals surface area contributed by atoms with Crippen molar-refractivity contribution >= 4 is 23.7 Å². The second-order valence-electron chi connectivity index (χ2n) is 6.73. The Balaban J connectivity index is 2.81. The van der Waals surface area contributed by atoms with E-state index in [1.165, 1.54) is 12.1 Å². The van der Waals surface area contributed by atoms with E-state index in [4.69, 9.17) is 10.8 Å². The van der Waals surface area contributed by atoms with Gasteiger partial charge in [-0.1, -0.05) is 32.4 Å². The van der Waals surface area contributed by atoms with E-state index in [0.29, 0.717) is 12.0 Å². The van der Waals surface area contributed by atoms with Gasteiger partial charge < -0.3 is 31.9 Å². The van der Waals surface area contributed by atoms with Crippen LogP contribution in [-0.2, 0) is 25.6 Å². The number of nitrogens with one attached hydrogen (secondary N) is 3. The van der Waals surface area contributed by atoms with Crippen molar-refractivity contribution in [2.45, 2.75) is 38.8 Å². The largest absolute Gasteiger partial charge is 0.508 e. The van der Waals surface area contributed by atoms with Gasteiger partial charge in [0.15, 0.2) is 0 Å². The third kappa shape index (κ3) is 8.60. The lowest BCUT2D eigenvalue weighted by Gasteiger charge is -2.23. The van der Waals surface area contributed by atoms with Crippen LogP contribution in [0.3, 0.4) is 0 Å². The van der Waals surface area contributed by atoms with E-state index in [1.807, 2.05) is 13.8 Å². The Morgan fingerprint density at radius 2 is 1.66 bits per heavy atom. The van der Waals surface area contributed by atoms with Crippen molar-refractivity contribution in [2.24, 2.45) is 11.7 Å². The summed E-state index contributed by atoms with van der Waals surface area (Å²) in [4.78, 5) is 47.0. The van der Waals surface area contributed by atoms with Crippen LogP contribution in [0.25, 0.3) is 0 Å². The van der Waals surface area contributed by atoms with E-state index in [9.17, 15) is 24.3 Å². The maximum atomic E-state index is 12.5. The average Bonchev–Trinajstić information content (AvgIpc) is 2.70. The van der Waals surface area contributed by atoms with E-state index >= 15 is 0 Å². The number of benzene rings is 1. The van der Waals surface area contributed by atoms with Gasteiger partial charge in [0.1, 0.15) is 18.3 Å². The van der Waals surface area contributed by atoms with E-state index in [2.05, 4.69) is 16.0 Å². The molecule has 10 nitrogen and oxygen atoms in total. The third-order valence-electron chi connectivity index (χ3n) is 4.43. The number of carbonyl (C=O) groups is 4. The van der Waals surface area contributed by atoms with Crippen LogP contribution < -0.4 is 21.7 Å². The number of phenols is 1. The number of amides is 3. The molecule has 0 aliphatic rings. The molecule has 3 atom stereocenters. The molecule has 1 aromatic rings. The Labute approximate surface area is 168 Å². The van der Waals surface area contributed by atoms with Crippen LogP contribution in [0.15, 0.2) is 24.3 Å². The summed E-state index contributed by atoms with van der Waals surface area (Å²) >= 11 is 0. The molecule has 0 aliphatic heterocycles. The van der Waals surface area contributed by atoms with Crippen LogP contribution in [-0.4, -0.2) is 59.1 Å². The molecule has 1 rings (SSSR count). The van der Waals surface area contributed by atoms with Crippen molar-refractivity contribution < 1.29 is 29.4 Å². The normalized spacial score (nSPS) is 13.6. The third-order valence-corrected chi connectivity index (χ3v) is 4.43. The van der Waals surface area contributed by atoms with Gasteiger partial charge in [0.2, 0.25) is 17.7 Å². The smallest absolute Gasteiger partial charge is 0.322 e. The zero-order valence-electron chi connectivity index (χ0n) is 16.5. The van der Waals surface area contributed by atoms with E-state index in [-0.39, 0.29) is 18.1 Å². The van der Waals surface area contributed by atoms with Crippen LogP contribution >= 0.6 is 0 Å². The minimum atomic E-state index is -1.21. The molecule has 0 saturated carbocycles. The number of aromatic hydroxyl groups is 1. The number of aliphatic carboxylic acids is 1. The predicted octanol–water partition coefficient (Wildman–Crippen LogP) is -0.890. The summed E-state index contributed by atoms with van der Waals surface area (Å²) in [5.41, 5.74) is 6.60. The van der Waals surface area contributed by atoms with Gasteiger partial charge in [0, 0.05) is 6.42 Å². The van der Waals surface area contributed by atoms with Crippen molar-refractivity contribution in [2.75, 3.05) is 13.1 Å². The molecule has 3 amide bonds. The first-order chi connectivity index (χ1) is 13.6. The number of rotatable bonds is 11. The maximum absolute atomic E-state index is 12.5. The summed E-state index contributed by atoms with van der Waals surface area (Å²) in [6.45, 7) is 2.72. The molecule has 0 heterocycles. The highest BCUT2D eigenvalue weighted by atomic mass is 16.4. The van der Waals surface area contributed by atoms with Gasteiger partial charge in [-0.3, -0.25) is 19.2 Å². The van der Waals surface area contributed by atoms with Gasteiger partial charge >= 0.3 is 5.97 Å². The van der Waals surface area contributed by atoms with Crippen molar-refractivity contribution in [3.63, 3.8) is 0 Å². The monoisotopic (exact) mass is 408 g/mol. The minimum Gasteiger partial charge on any atom is -0.508 e. The fraction of sp³-hybridized carbons (Fsp3) is 0.474. The van der Waals surface area contributed by atoms with Gasteiger partial charge in [-0.15, -0.1) is 0 Å². The Morgan fingerprint density at radius 3 is 2.21 bits per heavy atom. The Morgan fingerprint density at radius 1 is 1.03 bits per heavy atom. The summed E-state index contributed by atoms with van der Waals surface area (Å²) in [6, 6.07) is 4.32. The molecule has 0 radical (unpaired) electrons. The molecule has 160 valence electrons. The fourth-order valence-electron chi connectivity index (χ4n) is 2.38. The van der Waals surface area contributed by atoms with Crippen LogP contribution in [0.1, 0.15) is 25.8 Å². The van der Waals surface area contributed by atoms with Crippen molar-refractivity contribution in [3.8, 4) is 5.75 Å². The number of nitrogens with two attached hydrogens (primary N) is 1. The molecule has 0 spiro atoms. The zero-order chi connectivity index (χ0) is 22.0. The highest BCUT2D eigenvalue weighted by Gasteiger charge is 2.26. The zero-order valence-corrected chi connectivity index (χ0v) is 16.5. The van der Waals surface area contributed by atoms with Crippen LogP contribution in [0.5, 0.6) is 5.75 Å². The Kier molecular flexibility index (Phi) is 9.60. The molecule has 0 aliphatic carbocycles. The Bertz CT molecular complexity index is 722. The summed E-state index contributed by atoms with van der Waals surface area (Å²) < 4.78 is 0. The molecule has 3 unspecified atom stereocenters. The number of hydrogen-bond donors (Lipinski definition) is 6.